The summed E-state index contributed by atoms with van der Waals surface area (Å²) in [5.74, 6) is 0.727. The number of ether oxygens (including phenoxy) is 2. The Kier molecular flexibility index (Phi) is 5.92. The van der Waals surface area contributed by atoms with E-state index in [9.17, 15) is 0 Å². The van der Waals surface area contributed by atoms with Crippen LogP contribution < -0.4 is 4.74 Å². The SMILES string of the molecule is CCc1nn(C2CCOCC2)c2cc(-c3ccnn3-c3ccc(OCCO)cc3)ccc12. The van der Waals surface area contributed by atoms with E-state index < -0.39 is 0 Å². The quantitative estimate of drug-likeness (QED) is 0.474. The van der Waals surface area contributed by atoms with Gasteiger partial charge in [0.1, 0.15) is 12.4 Å². The van der Waals surface area contributed by atoms with Gasteiger partial charge in [0.05, 0.1) is 41.4 Å². The Bertz CT molecular complexity index is 1190. The van der Waals surface area contributed by atoms with Crippen molar-refractivity contribution in [2.24, 2.45) is 0 Å². The maximum absolute atomic E-state index is 8.94. The molecular formula is C25H28N4O3. The van der Waals surface area contributed by atoms with Crippen LogP contribution in [-0.2, 0) is 11.2 Å². The van der Waals surface area contributed by atoms with E-state index in [4.69, 9.17) is 19.7 Å². The summed E-state index contributed by atoms with van der Waals surface area (Å²) in [6.07, 6.45) is 4.72. The Balaban J connectivity index is 1.52. The Hall–Kier alpha value is -3.16. The predicted octanol–water partition coefficient (Wildman–Crippen LogP) is 4.17. The van der Waals surface area contributed by atoms with Crippen molar-refractivity contribution >= 4 is 10.9 Å². The van der Waals surface area contributed by atoms with Crippen LogP contribution in [0.2, 0.25) is 0 Å². The highest BCUT2D eigenvalue weighted by atomic mass is 16.5. The summed E-state index contributed by atoms with van der Waals surface area (Å²) in [4.78, 5) is 0. The van der Waals surface area contributed by atoms with Gasteiger partial charge in [0.2, 0.25) is 0 Å². The van der Waals surface area contributed by atoms with Gasteiger partial charge in [-0.15, -0.1) is 0 Å². The Labute approximate surface area is 187 Å². The second kappa shape index (κ2) is 9.14. The monoisotopic (exact) mass is 432 g/mol. The van der Waals surface area contributed by atoms with Crippen LogP contribution in [0.25, 0.3) is 27.8 Å². The van der Waals surface area contributed by atoms with E-state index in [0.717, 1.165) is 60.9 Å². The van der Waals surface area contributed by atoms with Crippen molar-refractivity contribution in [1.29, 1.82) is 0 Å². The average Bonchev–Trinajstić information content (AvgIpc) is 3.48. The largest absolute Gasteiger partial charge is 0.491 e. The summed E-state index contributed by atoms with van der Waals surface area (Å²) in [6, 6.07) is 16.7. The molecule has 1 N–H and O–H groups in total. The molecule has 0 atom stereocenters. The van der Waals surface area contributed by atoms with Gasteiger partial charge in [-0.1, -0.05) is 19.1 Å². The Morgan fingerprint density at radius 2 is 1.91 bits per heavy atom. The molecule has 2 aromatic carbocycles. The van der Waals surface area contributed by atoms with E-state index in [0.29, 0.717) is 6.04 Å². The molecule has 0 radical (unpaired) electrons. The molecule has 32 heavy (non-hydrogen) atoms. The van der Waals surface area contributed by atoms with E-state index in [1.54, 1.807) is 0 Å². The van der Waals surface area contributed by atoms with Crippen LogP contribution in [0.1, 0.15) is 31.5 Å². The minimum atomic E-state index is -0.00224. The van der Waals surface area contributed by atoms with Crippen LogP contribution in [0.4, 0.5) is 0 Å². The van der Waals surface area contributed by atoms with Crippen molar-refractivity contribution in [3.8, 4) is 22.7 Å². The second-order valence-electron chi connectivity index (χ2n) is 8.01. The lowest BCUT2D eigenvalue weighted by atomic mass is 10.1. The fraction of sp³-hybridized carbons (Fsp3) is 0.360. The van der Waals surface area contributed by atoms with Crippen molar-refractivity contribution in [3.05, 3.63) is 60.4 Å². The maximum atomic E-state index is 8.94. The second-order valence-corrected chi connectivity index (χ2v) is 8.01. The Morgan fingerprint density at radius 3 is 2.66 bits per heavy atom. The fourth-order valence-electron chi connectivity index (χ4n) is 4.41. The zero-order chi connectivity index (χ0) is 21.9. The first-order valence-electron chi connectivity index (χ1n) is 11.3. The number of aliphatic hydroxyl groups is 1. The zero-order valence-electron chi connectivity index (χ0n) is 18.3. The lowest BCUT2D eigenvalue weighted by molar-refractivity contribution is 0.0674. The van der Waals surface area contributed by atoms with Gasteiger partial charge < -0.3 is 14.6 Å². The molecule has 4 aromatic rings. The lowest BCUT2D eigenvalue weighted by Crippen LogP contribution is -2.20. The molecule has 0 bridgehead atoms. The lowest BCUT2D eigenvalue weighted by Gasteiger charge is -2.23. The van der Waals surface area contributed by atoms with Crippen LogP contribution in [-0.4, -0.2) is 51.1 Å². The van der Waals surface area contributed by atoms with Gasteiger partial charge in [0.15, 0.2) is 0 Å². The highest BCUT2D eigenvalue weighted by Crippen LogP contribution is 2.32. The summed E-state index contributed by atoms with van der Waals surface area (Å²) in [5, 5.41) is 19.7. The number of aliphatic hydroxyl groups excluding tert-OH is 1. The molecule has 0 unspecified atom stereocenters. The van der Waals surface area contributed by atoms with Crippen LogP contribution in [0.3, 0.4) is 0 Å². The molecule has 0 spiro atoms. The van der Waals surface area contributed by atoms with E-state index in [1.807, 2.05) is 41.2 Å². The van der Waals surface area contributed by atoms with Crippen molar-refractivity contribution in [1.82, 2.24) is 19.6 Å². The van der Waals surface area contributed by atoms with Gasteiger partial charge in [0.25, 0.3) is 0 Å². The predicted molar refractivity (Wildman–Crippen MR) is 123 cm³/mol. The number of aryl methyl sites for hydroxylation is 1. The summed E-state index contributed by atoms with van der Waals surface area (Å²) in [5.41, 5.74) is 5.39. The summed E-state index contributed by atoms with van der Waals surface area (Å²) in [7, 11) is 0. The summed E-state index contributed by atoms with van der Waals surface area (Å²) in [6.45, 7) is 4.02. The van der Waals surface area contributed by atoms with Crippen molar-refractivity contribution in [3.63, 3.8) is 0 Å². The number of fused-ring (bicyclic) bond motifs is 1. The maximum Gasteiger partial charge on any atom is 0.119 e. The summed E-state index contributed by atoms with van der Waals surface area (Å²) >= 11 is 0. The first kappa shape index (κ1) is 20.7. The van der Waals surface area contributed by atoms with Gasteiger partial charge in [-0.3, -0.25) is 4.68 Å². The molecule has 1 aliphatic heterocycles. The van der Waals surface area contributed by atoms with Crippen molar-refractivity contribution in [2.75, 3.05) is 26.4 Å². The van der Waals surface area contributed by atoms with Crippen LogP contribution in [0.15, 0.2) is 54.7 Å². The van der Waals surface area contributed by atoms with Crippen molar-refractivity contribution in [2.45, 2.75) is 32.2 Å². The molecule has 1 fully saturated rings. The van der Waals surface area contributed by atoms with Gasteiger partial charge >= 0.3 is 0 Å². The first-order valence-corrected chi connectivity index (χ1v) is 11.3. The zero-order valence-corrected chi connectivity index (χ0v) is 18.3. The van der Waals surface area contributed by atoms with Gasteiger partial charge in [-0.05, 0) is 55.7 Å². The van der Waals surface area contributed by atoms with Gasteiger partial charge in [-0.25, -0.2) is 4.68 Å². The molecule has 1 saturated heterocycles. The van der Waals surface area contributed by atoms with E-state index >= 15 is 0 Å². The van der Waals surface area contributed by atoms with Crippen LogP contribution in [0, 0.1) is 0 Å². The number of benzene rings is 2. The van der Waals surface area contributed by atoms with Gasteiger partial charge in [0, 0.05) is 24.2 Å². The molecule has 7 nitrogen and oxygen atoms in total. The molecule has 0 saturated carbocycles. The average molecular weight is 433 g/mol. The minimum Gasteiger partial charge on any atom is -0.491 e. The minimum absolute atomic E-state index is 0.00224. The van der Waals surface area contributed by atoms with Crippen LogP contribution in [0.5, 0.6) is 5.75 Å². The van der Waals surface area contributed by atoms with Gasteiger partial charge in [-0.2, -0.15) is 10.2 Å². The molecule has 0 amide bonds. The van der Waals surface area contributed by atoms with Crippen molar-refractivity contribution < 1.29 is 14.6 Å². The fourth-order valence-corrected chi connectivity index (χ4v) is 4.41. The third-order valence-electron chi connectivity index (χ3n) is 6.04. The number of hydrogen-bond donors (Lipinski definition) is 1. The standard InChI is InChI=1S/C25H28N4O3/c1-2-23-22-8-3-18(17-25(22)29(27-23)20-10-14-31-15-11-20)24-9-12-26-28(24)19-4-6-21(7-5-19)32-16-13-30/h3-9,12,17,20,30H,2,10-11,13-16H2,1H3. The first-order chi connectivity index (χ1) is 15.8. The number of nitrogens with zero attached hydrogens (tertiary/aromatic N) is 4. The number of hydrogen-bond acceptors (Lipinski definition) is 5. The summed E-state index contributed by atoms with van der Waals surface area (Å²) < 4.78 is 15.2. The van der Waals surface area contributed by atoms with E-state index in [-0.39, 0.29) is 13.2 Å². The molecule has 0 aliphatic carbocycles. The number of rotatable bonds is 7. The van der Waals surface area contributed by atoms with Crippen LogP contribution >= 0.6 is 0 Å². The topological polar surface area (TPSA) is 74.3 Å². The molecule has 7 heteroatoms. The van der Waals surface area contributed by atoms with E-state index in [1.165, 1.54) is 10.9 Å². The van der Waals surface area contributed by atoms with E-state index in [2.05, 4.69) is 34.9 Å². The molecule has 5 rings (SSSR count). The highest BCUT2D eigenvalue weighted by Gasteiger charge is 2.21. The molecular weight excluding hydrogens is 404 g/mol. The third-order valence-corrected chi connectivity index (χ3v) is 6.04. The molecule has 2 aromatic heterocycles. The normalized spacial score (nSPS) is 14.8. The highest BCUT2D eigenvalue weighted by molar-refractivity contribution is 5.86. The molecule has 3 heterocycles. The molecule has 166 valence electrons. The number of aromatic nitrogens is 4. The molecule has 1 aliphatic rings. The smallest absolute Gasteiger partial charge is 0.119 e. The Morgan fingerprint density at radius 1 is 1.09 bits per heavy atom. The third kappa shape index (κ3) is 3.89.